The van der Waals surface area contributed by atoms with Crippen LogP contribution in [0, 0.1) is 5.92 Å². The normalized spacial score (nSPS) is 20.3. The van der Waals surface area contributed by atoms with Crippen molar-refractivity contribution in [3.63, 3.8) is 0 Å². The molecule has 2 atom stereocenters. The van der Waals surface area contributed by atoms with E-state index in [0.717, 1.165) is 32.1 Å². The highest BCUT2D eigenvalue weighted by molar-refractivity contribution is 6.34. The predicted octanol–water partition coefficient (Wildman–Crippen LogP) is 4.77. The zero-order valence-corrected chi connectivity index (χ0v) is 26.7. The van der Waals surface area contributed by atoms with Crippen LogP contribution in [0.5, 0.6) is 0 Å². The fourth-order valence-electron chi connectivity index (χ4n) is 6.15. The van der Waals surface area contributed by atoms with Crippen LogP contribution >= 0.6 is 24.0 Å². The summed E-state index contributed by atoms with van der Waals surface area (Å²) in [5.74, 6) is -1.03. The molecular weight excluding hydrogens is 648 g/mol. The summed E-state index contributed by atoms with van der Waals surface area (Å²) in [6.07, 6.45) is 2.84. The van der Waals surface area contributed by atoms with Gasteiger partial charge in [0.2, 0.25) is 5.91 Å². The number of aromatic nitrogens is 4. The Hall–Kier alpha value is -3.62. The molecule has 3 aromatic rings. The van der Waals surface area contributed by atoms with Gasteiger partial charge in [0.05, 0.1) is 34.1 Å². The van der Waals surface area contributed by atoms with E-state index in [1.807, 2.05) is 0 Å². The van der Waals surface area contributed by atoms with Gasteiger partial charge in [-0.2, -0.15) is 18.3 Å². The average molecular weight is 684 g/mol. The fourth-order valence-corrected chi connectivity index (χ4v) is 6.41. The maximum atomic E-state index is 13.7. The maximum absolute atomic E-state index is 13.7. The summed E-state index contributed by atoms with van der Waals surface area (Å²) < 4.78 is 43.9. The molecule has 6 rings (SSSR count). The molecule has 0 bridgehead atoms. The topological polar surface area (TPSA) is 131 Å². The van der Waals surface area contributed by atoms with Crippen LogP contribution in [0.1, 0.15) is 71.2 Å². The number of alkyl halides is 3. The minimum absolute atomic E-state index is 0. The Labute approximate surface area is 274 Å². The zero-order valence-electron chi connectivity index (χ0n) is 25.1. The maximum Gasteiger partial charge on any atom is 0.435 e. The number of benzene rings is 1. The Morgan fingerprint density at radius 3 is 2.37 bits per heavy atom. The lowest BCUT2D eigenvalue weighted by Gasteiger charge is -2.38. The number of hydrogen-bond acceptors (Lipinski definition) is 6. The smallest absolute Gasteiger partial charge is 0.339 e. The highest BCUT2D eigenvalue weighted by atomic mass is 35.5. The molecule has 2 aliphatic carbocycles. The van der Waals surface area contributed by atoms with E-state index in [1.165, 1.54) is 46.9 Å². The molecule has 3 N–H and O–H groups in total. The molecule has 0 unspecified atom stereocenters. The van der Waals surface area contributed by atoms with Gasteiger partial charge in [0.15, 0.2) is 11.5 Å². The van der Waals surface area contributed by atoms with Crippen LogP contribution in [0.15, 0.2) is 30.6 Å². The van der Waals surface area contributed by atoms with Gasteiger partial charge in [-0.3, -0.25) is 19.1 Å². The number of hydrogen-bond donors (Lipinski definition) is 2. The molecule has 2 saturated carbocycles. The summed E-state index contributed by atoms with van der Waals surface area (Å²) in [6.45, 7) is 1.60. The Morgan fingerprint density at radius 1 is 1.04 bits per heavy atom. The molecule has 1 aliphatic heterocycles. The zero-order chi connectivity index (χ0) is 32.0. The number of nitrogens with one attached hydrogen (secondary N) is 1. The minimum Gasteiger partial charge on any atom is -0.339 e. The number of amides is 3. The van der Waals surface area contributed by atoms with Crippen LogP contribution in [0.25, 0.3) is 11.3 Å². The van der Waals surface area contributed by atoms with Crippen LogP contribution < -0.4 is 11.1 Å². The highest BCUT2D eigenvalue weighted by Gasteiger charge is 2.40. The molecule has 1 aromatic carbocycles. The van der Waals surface area contributed by atoms with Gasteiger partial charge in [0.1, 0.15) is 0 Å². The number of rotatable bonds is 6. The van der Waals surface area contributed by atoms with Gasteiger partial charge in [0.25, 0.3) is 11.8 Å². The Bertz CT molecular complexity index is 1630. The summed E-state index contributed by atoms with van der Waals surface area (Å²) >= 11 is 6.46. The second-order valence-electron chi connectivity index (χ2n) is 12.0. The van der Waals surface area contributed by atoms with E-state index in [4.69, 9.17) is 17.3 Å². The fraction of sp³-hybridized carbons (Fsp3) is 0.500. The summed E-state index contributed by atoms with van der Waals surface area (Å²) in [5, 5.41) is 6.54. The van der Waals surface area contributed by atoms with Gasteiger partial charge in [-0.1, -0.05) is 18.0 Å². The standard InChI is InChI=1S/C30H34ClF3N8O3.ClH/c1-39-24(22-16-42(20-6-7-20)38-25(22)30(32,33)34)15-36-26(39)27(43)37-19-5-8-21(23(31)14-19)29(45)41-11-9-40(10-12-41)28(44)17-3-2-4-18(35)13-17;/h5,8,14-18,20H,2-4,6-7,9-13,35H2,1H3,(H,37,43);1H/t17-,18-;/m1./s1. The SMILES string of the molecule is Cl.Cn1c(-c2cn(C3CC3)nc2C(F)(F)F)cnc1C(=O)Nc1ccc(C(=O)N2CCN(C(=O)[C@@H]3CCC[C@@H](N)C3)CC2)c(Cl)c1. The predicted molar refractivity (Wildman–Crippen MR) is 167 cm³/mol. The van der Waals surface area contributed by atoms with E-state index in [2.05, 4.69) is 15.4 Å². The first-order chi connectivity index (χ1) is 21.4. The largest absolute Gasteiger partial charge is 0.435 e. The third kappa shape index (κ3) is 6.88. The van der Waals surface area contributed by atoms with Gasteiger partial charge >= 0.3 is 6.18 Å². The third-order valence-corrected chi connectivity index (χ3v) is 9.10. The lowest BCUT2D eigenvalue weighted by molar-refractivity contribution is -0.141. The monoisotopic (exact) mass is 682 g/mol. The summed E-state index contributed by atoms with van der Waals surface area (Å²) in [4.78, 5) is 46.8. The van der Waals surface area contributed by atoms with Crippen LogP contribution in [-0.4, -0.2) is 79.1 Å². The lowest BCUT2D eigenvalue weighted by atomic mass is 9.85. The average Bonchev–Trinajstić information content (AvgIpc) is 3.63. The molecule has 2 aromatic heterocycles. The molecule has 3 amide bonds. The third-order valence-electron chi connectivity index (χ3n) is 8.79. The number of nitrogens with two attached hydrogens (primary N) is 1. The van der Waals surface area contributed by atoms with Crippen molar-refractivity contribution in [1.29, 1.82) is 0 Å². The van der Waals surface area contributed by atoms with E-state index >= 15 is 0 Å². The summed E-state index contributed by atoms with van der Waals surface area (Å²) in [5.41, 5.74) is 5.50. The number of carbonyl (C=O) groups excluding carboxylic acids is 3. The molecule has 3 heterocycles. The summed E-state index contributed by atoms with van der Waals surface area (Å²) in [6, 6.07) is 4.46. The first-order valence-electron chi connectivity index (χ1n) is 15.0. The van der Waals surface area contributed by atoms with Crippen molar-refractivity contribution in [2.24, 2.45) is 18.7 Å². The molecule has 0 radical (unpaired) electrons. The number of nitrogens with zero attached hydrogens (tertiary/aromatic N) is 6. The van der Waals surface area contributed by atoms with Gasteiger partial charge in [-0.05, 0) is 50.3 Å². The molecule has 3 aliphatic rings. The second kappa shape index (κ2) is 13.2. The number of anilines is 1. The Balaban J connectivity index is 0.00000417. The van der Waals surface area contributed by atoms with Crippen molar-refractivity contribution in [3.05, 3.63) is 52.7 Å². The van der Waals surface area contributed by atoms with E-state index in [0.29, 0.717) is 32.6 Å². The number of piperazine rings is 1. The van der Waals surface area contributed by atoms with Crippen LogP contribution in [0.3, 0.4) is 0 Å². The van der Waals surface area contributed by atoms with E-state index in [1.54, 1.807) is 9.80 Å². The molecule has 0 spiro atoms. The molecule has 3 fully saturated rings. The lowest BCUT2D eigenvalue weighted by Crippen LogP contribution is -2.52. The van der Waals surface area contributed by atoms with Crippen molar-refractivity contribution >= 4 is 47.4 Å². The van der Waals surface area contributed by atoms with Crippen molar-refractivity contribution in [2.75, 3.05) is 31.5 Å². The van der Waals surface area contributed by atoms with Gasteiger partial charge in [-0.25, -0.2) is 4.98 Å². The van der Waals surface area contributed by atoms with Crippen LogP contribution in [0.4, 0.5) is 18.9 Å². The molecule has 46 heavy (non-hydrogen) atoms. The van der Waals surface area contributed by atoms with Crippen molar-refractivity contribution in [1.82, 2.24) is 29.1 Å². The second-order valence-corrected chi connectivity index (χ2v) is 12.4. The number of imidazole rings is 1. The number of carbonyl (C=O) groups is 3. The summed E-state index contributed by atoms with van der Waals surface area (Å²) in [7, 11) is 1.46. The Morgan fingerprint density at radius 2 is 1.74 bits per heavy atom. The van der Waals surface area contributed by atoms with Gasteiger partial charge < -0.3 is 25.4 Å². The minimum atomic E-state index is -4.67. The van der Waals surface area contributed by atoms with E-state index in [9.17, 15) is 27.6 Å². The Kier molecular flexibility index (Phi) is 9.71. The molecular formula is C30H35Cl2F3N8O3. The molecule has 248 valence electrons. The van der Waals surface area contributed by atoms with Gasteiger partial charge in [-0.15, -0.1) is 12.4 Å². The first-order valence-corrected chi connectivity index (χ1v) is 15.4. The molecule has 16 heteroatoms. The van der Waals surface area contributed by atoms with Crippen molar-refractivity contribution in [2.45, 2.75) is 56.8 Å². The highest BCUT2D eigenvalue weighted by Crippen LogP contribution is 2.41. The van der Waals surface area contributed by atoms with Crippen LogP contribution in [0.2, 0.25) is 5.02 Å². The van der Waals surface area contributed by atoms with Crippen LogP contribution in [-0.2, 0) is 18.0 Å². The molecule has 1 saturated heterocycles. The van der Waals surface area contributed by atoms with Crippen molar-refractivity contribution in [3.8, 4) is 11.3 Å². The van der Waals surface area contributed by atoms with Gasteiger partial charge in [0, 0.05) is 57.1 Å². The molecule has 11 nitrogen and oxygen atoms in total. The van der Waals surface area contributed by atoms with E-state index < -0.39 is 17.8 Å². The van der Waals surface area contributed by atoms with Crippen molar-refractivity contribution < 1.29 is 27.6 Å². The quantitative estimate of drug-likeness (QED) is 0.385. The number of halogens is 5. The first kappa shape index (κ1) is 33.7. The van der Waals surface area contributed by atoms with E-state index in [-0.39, 0.29) is 75.6 Å².